The predicted octanol–water partition coefficient (Wildman–Crippen LogP) is -0.160. The van der Waals surface area contributed by atoms with Gasteiger partial charge >= 0.3 is 0 Å². The van der Waals surface area contributed by atoms with Gasteiger partial charge in [-0.05, 0) is 26.7 Å². The first-order valence-corrected chi connectivity index (χ1v) is 5.57. The van der Waals surface area contributed by atoms with Crippen molar-refractivity contribution in [1.29, 1.82) is 0 Å². The Morgan fingerprint density at radius 1 is 1.27 bits per heavy atom. The van der Waals surface area contributed by atoms with E-state index in [4.69, 9.17) is 0 Å². The van der Waals surface area contributed by atoms with Crippen LogP contribution in [0.4, 0.5) is 0 Å². The summed E-state index contributed by atoms with van der Waals surface area (Å²) in [5, 5.41) is 9.07. The number of hydrogen-bond acceptors (Lipinski definition) is 2. The molecular formula is C10H20N4O. The summed E-state index contributed by atoms with van der Waals surface area (Å²) in [6.07, 6.45) is 2.40. The molecule has 0 aliphatic heterocycles. The van der Waals surface area contributed by atoms with E-state index in [1.807, 2.05) is 13.8 Å². The van der Waals surface area contributed by atoms with Gasteiger partial charge in [0.25, 0.3) is 0 Å². The second-order valence-electron chi connectivity index (χ2n) is 3.57. The van der Waals surface area contributed by atoms with Gasteiger partial charge in [-0.25, -0.2) is 4.99 Å². The first-order chi connectivity index (χ1) is 7.26. The van der Waals surface area contributed by atoms with Gasteiger partial charge in [-0.2, -0.15) is 0 Å². The summed E-state index contributed by atoms with van der Waals surface area (Å²) in [4.78, 5) is 15.4. The Kier molecular flexibility index (Phi) is 4.93. The van der Waals surface area contributed by atoms with Crippen molar-refractivity contribution in [3.8, 4) is 0 Å². The van der Waals surface area contributed by atoms with Crippen molar-refractivity contribution in [3.63, 3.8) is 0 Å². The highest BCUT2D eigenvalue weighted by atomic mass is 16.1. The van der Waals surface area contributed by atoms with E-state index >= 15 is 0 Å². The van der Waals surface area contributed by atoms with E-state index in [-0.39, 0.29) is 12.5 Å². The van der Waals surface area contributed by atoms with Crippen LogP contribution < -0.4 is 16.0 Å². The fourth-order valence-electron chi connectivity index (χ4n) is 1.14. The first kappa shape index (κ1) is 11.8. The largest absolute Gasteiger partial charge is 0.357 e. The van der Waals surface area contributed by atoms with Crippen LogP contribution in [0.5, 0.6) is 0 Å². The highest BCUT2D eigenvalue weighted by Gasteiger charge is 2.22. The number of likely N-dealkylation sites (N-methyl/N-ethyl adjacent to an activating group) is 1. The Bertz CT molecular complexity index is 236. The lowest BCUT2D eigenvalue weighted by molar-refractivity contribution is -0.119. The maximum atomic E-state index is 11.2. The molecule has 5 nitrogen and oxygen atoms in total. The minimum atomic E-state index is -0.0366. The summed E-state index contributed by atoms with van der Waals surface area (Å²) in [5.74, 6) is 0.705. The molecule has 0 unspecified atom stereocenters. The Morgan fingerprint density at radius 2 is 1.93 bits per heavy atom. The van der Waals surface area contributed by atoms with Crippen molar-refractivity contribution in [2.75, 3.05) is 19.6 Å². The molecule has 1 amide bonds. The number of guanidine groups is 1. The fraction of sp³-hybridized carbons (Fsp3) is 0.800. The third-order valence-corrected chi connectivity index (χ3v) is 2.02. The number of rotatable bonds is 5. The molecule has 0 aromatic heterocycles. The summed E-state index contributed by atoms with van der Waals surface area (Å²) in [7, 11) is 0. The molecule has 0 atom stereocenters. The third-order valence-electron chi connectivity index (χ3n) is 2.02. The Balaban J connectivity index is 2.31. The van der Waals surface area contributed by atoms with E-state index in [0.717, 1.165) is 12.5 Å². The number of amides is 1. The molecule has 3 N–H and O–H groups in total. The maximum Gasteiger partial charge on any atom is 0.241 e. The molecule has 0 bridgehead atoms. The standard InChI is InChI=1S/C10H20N4O/c1-3-11-9(15)7-13-10(12-4-2)14-8-5-6-8/h8H,3-7H2,1-2H3,(H,11,15)(H2,12,13,14). The molecule has 0 aromatic carbocycles. The van der Waals surface area contributed by atoms with Crippen molar-refractivity contribution in [3.05, 3.63) is 0 Å². The summed E-state index contributed by atoms with van der Waals surface area (Å²) >= 11 is 0. The molecule has 86 valence electrons. The van der Waals surface area contributed by atoms with E-state index in [0.29, 0.717) is 12.6 Å². The van der Waals surface area contributed by atoms with Crippen molar-refractivity contribution in [2.24, 2.45) is 4.99 Å². The minimum absolute atomic E-state index is 0.0366. The molecular weight excluding hydrogens is 192 g/mol. The normalized spacial score (nSPS) is 16.0. The number of hydrogen-bond donors (Lipinski definition) is 3. The van der Waals surface area contributed by atoms with Crippen molar-refractivity contribution in [1.82, 2.24) is 16.0 Å². The smallest absolute Gasteiger partial charge is 0.241 e. The van der Waals surface area contributed by atoms with Crippen molar-refractivity contribution in [2.45, 2.75) is 32.7 Å². The lowest BCUT2D eigenvalue weighted by Crippen LogP contribution is -2.39. The molecule has 1 saturated carbocycles. The van der Waals surface area contributed by atoms with Crippen LogP contribution in [0.25, 0.3) is 0 Å². The van der Waals surface area contributed by atoms with Gasteiger partial charge in [-0.3, -0.25) is 4.79 Å². The Labute approximate surface area is 90.7 Å². The topological polar surface area (TPSA) is 65.5 Å². The Hall–Kier alpha value is -1.26. The van der Waals surface area contributed by atoms with Crippen LogP contribution in [0.2, 0.25) is 0 Å². The zero-order valence-electron chi connectivity index (χ0n) is 9.47. The zero-order chi connectivity index (χ0) is 11.1. The van der Waals surface area contributed by atoms with E-state index in [1.165, 1.54) is 12.8 Å². The molecule has 0 radical (unpaired) electrons. The van der Waals surface area contributed by atoms with Gasteiger partial charge in [-0.1, -0.05) is 0 Å². The fourth-order valence-corrected chi connectivity index (χ4v) is 1.14. The van der Waals surface area contributed by atoms with E-state index in [9.17, 15) is 4.79 Å². The summed E-state index contributed by atoms with van der Waals surface area (Å²) in [6, 6.07) is 0.553. The second kappa shape index (κ2) is 6.27. The van der Waals surface area contributed by atoms with Crippen LogP contribution in [-0.2, 0) is 4.79 Å². The number of nitrogens with zero attached hydrogens (tertiary/aromatic N) is 1. The molecule has 15 heavy (non-hydrogen) atoms. The van der Waals surface area contributed by atoms with Crippen molar-refractivity contribution >= 4 is 11.9 Å². The SMILES string of the molecule is CCNC(=O)CN=C(NCC)NC1CC1. The molecule has 0 aromatic rings. The van der Waals surface area contributed by atoms with Gasteiger partial charge in [0.05, 0.1) is 0 Å². The monoisotopic (exact) mass is 212 g/mol. The highest BCUT2D eigenvalue weighted by molar-refractivity contribution is 5.85. The number of carbonyl (C=O) groups excluding carboxylic acids is 1. The van der Waals surface area contributed by atoms with Crippen LogP contribution >= 0.6 is 0 Å². The summed E-state index contributed by atoms with van der Waals surface area (Å²) < 4.78 is 0. The van der Waals surface area contributed by atoms with Gasteiger partial charge in [-0.15, -0.1) is 0 Å². The molecule has 0 heterocycles. The molecule has 1 rings (SSSR count). The van der Waals surface area contributed by atoms with Crippen LogP contribution in [-0.4, -0.2) is 37.5 Å². The van der Waals surface area contributed by atoms with Crippen LogP contribution in [0.15, 0.2) is 4.99 Å². The molecule has 1 fully saturated rings. The maximum absolute atomic E-state index is 11.2. The number of carbonyl (C=O) groups is 1. The quantitative estimate of drug-likeness (QED) is 0.438. The number of nitrogens with one attached hydrogen (secondary N) is 3. The van der Waals surface area contributed by atoms with E-state index in [1.54, 1.807) is 0 Å². The highest BCUT2D eigenvalue weighted by Crippen LogP contribution is 2.18. The lowest BCUT2D eigenvalue weighted by Gasteiger charge is -2.09. The molecule has 1 aliphatic rings. The third kappa shape index (κ3) is 5.24. The minimum Gasteiger partial charge on any atom is -0.357 e. The first-order valence-electron chi connectivity index (χ1n) is 5.57. The van der Waals surface area contributed by atoms with Gasteiger partial charge in [0.1, 0.15) is 6.54 Å². The van der Waals surface area contributed by atoms with E-state index in [2.05, 4.69) is 20.9 Å². The van der Waals surface area contributed by atoms with Gasteiger partial charge < -0.3 is 16.0 Å². The van der Waals surface area contributed by atoms with Crippen molar-refractivity contribution < 1.29 is 4.79 Å². The zero-order valence-corrected chi connectivity index (χ0v) is 9.47. The second-order valence-corrected chi connectivity index (χ2v) is 3.57. The van der Waals surface area contributed by atoms with Gasteiger partial charge in [0.2, 0.25) is 5.91 Å². The van der Waals surface area contributed by atoms with Crippen LogP contribution in [0, 0.1) is 0 Å². The lowest BCUT2D eigenvalue weighted by atomic mass is 10.5. The number of aliphatic imine (C=N–C) groups is 1. The average molecular weight is 212 g/mol. The summed E-state index contributed by atoms with van der Waals surface area (Å²) in [6.45, 7) is 5.57. The van der Waals surface area contributed by atoms with E-state index < -0.39 is 0 Å². The molecule has 5 heteroatoms. The average Bonchev–Trinajstić information content (AvgIpc) is 2.99. The predicted molar refractivity (Wildman–Crippen MR) is 60.8 cm³/mol. The Morgan fingerprint density at radius 3 is 2.47 bits per heavy atom. The summed E-state index contributed by atoms with van der Waals surface area (Å²) in [5.41, 5.74) is 0. The molecule has 0 saturated heterocycles. The van der Waals surface area contributed by atoms with Crippen LogP contribution in [0.1, 0.15) is 26.7 Å². The molecule has 0 spiro atoms. The van der Waals surface area contributed by atoms with Gasteiger partial charge in [0.15, 0.2) is 5.96 Å². The van der Waals surface area contributed by atoms with Gasteiger partial charge in [0, 0.05) is 19.1 Å². The molecule has 1 aliphatic carbocycles. The van der Waals surface area contributed by atoms with Crippen LogP contribution in [0.3, 0.4) is 0 Å².